The van der Waals surface area contributed by atoms with Crippen LogP contribution in [-0.4, -0.2) is 35.3 Å². The van der Waals surface area contributed by atoms with Gasteiger partial charge in [-0.3, -0.25) is 5.10 Å². The number of aromatic nitrogens is 3. The van der Waals surface area contributed by atoms with Crippen molar-refractivity contribution in [3.63, 3.8) is 0 Å². The van der Waals surface area contributed by atoms with Crippen molar-refractivity contribution in [2.24, 2.45) is 0 Å². The predicted molar refractivity (Wildman–Crippen MR) is 70.1 cm³/mol. The standard InChI is InChI=1S/C10H14N4O3S2/c15-5-8-4-9(6-18-8)19(16,17)13-3-1-2-10-11-7-12-14-10/h4,6-7,13,15H,1-3,5H2,(H,11,12,14). The topological polar surface area (TPSA) is 108 Å². The molecular formula is C10H14N4O3S2. The van der Waals surface area contributed by atoms with Crippen molar-refractivity contribution in [3.05, 3.63) is 28.5 Å². The van der Waals surface area contributed by atoms with Crippen LogP contribution in [0.25, 0.3) is 0 Å². The Kier molecular flexibility index (Phi) is 4.64. The Balaban J connectivity index is 1.84. The van der Waals surface area contributed by atoms with E-state index in [9.17, 15) is 8.42 Å². The monoisotopic (exact) mass is 302 g/mol. The maximum absolute atomic E-state index is 11.9. The van der Waals surface area contributed by atoms with Crippen molar-refractivity contribution in [1.82, 2.24) is 19.9 Å². The Bertz CT molecular complexity index is 607. The second-order valence-electron chi connectivity index (χ2n) is 3.84. The largest absolute Gasteiger partial charge is 0.391 e. The van der Waals surface area contributed by atoms with Crippen LogP contribution >= 0.6 is 11.3 Å². The zero-order valence-corrected chi connectivity index (χ0v) is 11.7. The van der Waals surface area contributed by atoms with Crippen LogP contribution in [0.2, 0.25) is 0 Å². The summed E-state index contributed by atoms with van der Waals surface area (Å²) in [6.45, 7) is 0.180. The number of aliphatic hydroxyl groups is 1. The van der Waals surface area contributed by atoms with Crippen molar-refractivity contribution in [1.29, 1.82) is 0 Å². The third-order valence-electron chi connectivity index (χ3n) is 2.44. The summed E-state index contributed by atoms with van der Waals surface area (Å²) >= 11 is 1.22. The van der Waals surface area contributed by atoms with Gasteiger partial charge in [0, 0.05) is 23.2 Å². The number of aromatic amines is 1. The lowest BCUT2D eigenvalue weighted by atomic mass is 10.3. The van der Waals surface area contributed by atoms with E-state index in [1.165, 1.54) is 29.1 Å². The highest BCUT2D eigenvalue weighted by Gasteiger charge is 2.15. The summed E-state index contributed by atoms with van der Waals surface area (Å²) in [5.74, 6) is 0.734. The zero-order chi connectivity index (χ0) is 13.7. The van der Waals surface area contributed by atoms with Crippen molar-refractivity contribution in [2.45, 2.75) is 24.3 Å². The van der Waals surface area contributed by atoms with E-state index >= 15 is 0 Å². The maximum Gasteiger partial charge on any atom is 0.241 e. The zero-order valence-electron chi connectivity index (χ0n) is 10.0. The average molecular weight is 302 g/mol. The highest BCUT2D eigenvalue weighted by Crippen LogP contribution is 2.18. The van der Waals surface area contributed by atoms with Gasteiger partial charge in [0.1, 0.15) is 12.2 Å². The van der Waals surface area contributed by atoms with Gasteiger partial charge in [0.05, 0.1) is 11.5 Å². The number of rotatable bonds is 7. The molecule has 0 aliphatic carbocycles. The maximum atomic E-state index is 11.9. The van der Waals surface area contributed by atoms with Gasteiger partial charge in [0.15, 0.2) is 0 Å². The second kappa shape index (κ2) is 6.24. The summed E-state index contributed by atoms with van der Waals surface area (Å²) in [4.78, 5) is 4.78. The number of H-pyrrole nitrogens is 1. The van der Waals surface area contributed by atoms with Gasteiger partial charge in [-0.1, -0.05) is 0 Å². The molecule has 0 saturated heterocycles. The van der Waals surface area contributed by atoms with Gasteiger partial charge in [-0.05, 0) is 12.5 Å². The molecule has 0 aromatic carbocycles. The third kappa shape index (κ3) is 3.83. The second-order valence-corrected chi connectivity index (χ2v) is 6.60. The Morgan fingerprint density at radius 3 is 2.95 bits per heavy atom. The van der Waals surface area contributed by atoms with Gasteiger partial charge in [-0.15, -0.1) is 11.3 Å². The smallest absolute Gasteiger partial charge is 0.241 e. The summed E-state index contributed by atoms with van der Waals surface area (Å²) < 4.78 is 26.3. The summed E-state index contributed by atoms with van der Waals surface area (Å²) in [5, 5.41) is 16.9. The fourth-order valence-corrected chi connectivity index (χ4v) is 3.69. The summed E-state index contributed by atoms with van der Waals surface area (Å²) in [5.41, 5.74) is 0. The van der Waals surface area contributed by atoms with Crippen LogP contribution in [0.4, 0.5) is 0 Å². The molecule has 2 aromatic heterocycles. The molecule has 9 heteroatoms. The SMILES string of the molecule is O=S(=O)(NCCCc1ncn[nH]1)c1csc(CO)c1. The van der Waals surface area contributed by atoms with E-state index in [1.807, 2.05) is 0 Å². The van der Waals surface area contributed by atoms with Gasteiger partial charge in [0.2, 0.25) is 10.0 Å². The number of sulfonamides is 1. The number of hydrogen-bond acceptors (Lipinski definition) is 6. The van der Waals surface area contributed by atoms with Crippen LogP contribution in [0.15, 0.2) is 22.7 Å². The van der Waals surface area contributed by atoms with Gasteiger partial charge in [-0.2, -0.15) is 5.10 Å². The first-order valence-electron chi connectivity index (χ1n) is 5.64. The lowest BCUT2D eigenvalue weighted by molar-refractivity contribution is 0.285. The van der Waals surface area contributed by atoms with Crippen molar-refractivity contribution >= 4 is 21.4 Å². The van der Waals surface area contributed by atoms with Gasteiger partial charge >= 0.3 is 0 Å². The predicted octanol–water partition coefficient (Wildman–Crippen LogP) is 0.270. The third-order valence-corrected chi connectivity index (χ3v) is 4.95. The van der Waals surface area contributed by atoms with E-state index in [4.69, 9.17) is 5.11 Å². The molecule has 0 aliphatic heterocycles. The number of nitrogens with zero attached hydrogens (tertiary/aromatic N) is 2. The molecule has 0 atom stereocenters. The molecule has 0 amide bonds. The Hall–Kier alpha value is -1.29. The highest BCUT2D eigenvalue weighted by atomic mass is 32.2. The number of aryl methyl sites for hydroxylation is 1. The lowest BCUT2D eigenvalue weighted by Crippen LogP contribution is -2.24. The molecule has 0 saturated carbocycles. The number of thiophene rings is 1. The molecule has 19 heavy (non-hydrogen) atoms. The Morgan fingerprint density at radius 2 is 2.32 bits per heavy atom. The molecule has 7 nitrogen and oxygen atoms in total. The average Bonchev–Trinajstić information content (AvgIpc) is 3.05. The molecule has 2 rings (SSSR count). The molecule has 0 aliphatic rings. The van der Waals surface area contributed by atoms with Crippen molar-refractivity contribution in [3.8, 4) is 0 Å². The van der Waals surface area contributed by atoms with Crippen LogP contribution in [0.1, 0.15) is 17.1 Å². The highest BCUT2D eigenvalue weighted by molar-refractivity contribution is 7.89. The molecule has 0 spiro atoms. The van der Waals surface area contributed by atoms with Crippen LogP contribution in [-0.2, 0) is 23.1 Å². The molecule has 2 aromatic rings. The number of nitrogens with one attached hydrogen (secondary N) is 2. The molecule has 0 radical (unpaired) electrons. The molecular weight excluding hydrogens is 288 g/mol. The Labute approximate surface area is 114 Å². The number of hydrogen-bond donors (Lipinski definition) is 3. The van der Waals surface area contributed by atoms with E-state index in [-0.39, 0.29) is 11.5 Å². The first-order chi connectivity index (χ1) is 9.12. The minimum Gasteiger partial charge on any atom is -0.391 e. The van der Waals surface area contributed by atoms with Crippen molar-refractivity contribution in [2.75, 3.05) is 6.54 Å². The first-order valence-corrected chi connectivity index (χ1v) is 8.00. The minimum atomic E-state index is -3.49. The molecule has 0 fully saturated rings. The molecule has 0 bridgehead atoms. The normalized spacial score (nSPS) is 11.8. The van der Waals surface area contributed by atoms with E-state index in [2.05, 4.69) is 19.9 Å². The first kappa shape index (κ1) is 14.1. The summed E-state index contributed by atoms with van der Waals surface area (Å²) in [6.07, 6.45) is 2.68. The van der Waals surface area contributed by atoms with Crippen LogP contribution in [0, 0.1) is 0 Å². The summed E-state index contributed by atoms with van der Waals surface area (Å²) in [6, 6.07) is 1.48. The molecule has 3 N–H and O–H groups in total. The van der Waals surface area contributed by atoms with Crippen molar-refractivity contribution < 1.29 is 13.5 Å². The van der Waals surface area contributed by atoms with E-state index in [0.29, 0.717) is 24.3 Å². The fraction of sp³-hybridized carbons (Fsp3) is 0.400. The van der Waals surface area contributed by atoms with Gasteiger partial charge in [-0.25, -0.2) is 18.1 Å². The molecule has 0 unspecified atom stereocenters. The van der Waals surface area contributed by atoms with Crippen LogP contribution in [0.5, 0.6) is 0 Å². The van der Waals surface area contributed by atoms with E-state index in [1.54, 1.807) is 0 Å². The van der Waals surface area contributed by atoms with E-state index < -0.39 is 10.0 Å². The minimum absolute atomic E-state index is 0.147. The lowest BCUT2D eigenvalue weighted by Gasteiger charge is -2.03. The van der Waals surface area contributed by atoms with Gasteiger partial charge in [0.25, 0.3) is 0 Å². The Morgan fingerprint density at radius 1 is 1.47 bits per heavy atom. The molecule has 2 heterocycles. The quantitative estimate of drug-likeness (QED) is 0.636. The number of aliphatic hydroxyl groups excluding tert-OH is 1. The van der Waals surface area contributed by atoms with Crippen LogP contribution < -0.4 is 4.72 Å². The fourth-order valence-electron chi connectivity index (χ4n) is 1.48. The van der Waals surface area contributed by atoms with E-state index in [0.717, 1.165) is 5.82 Å². The molecule has 104 valence electrons. The summed E-state index contributed by atoms with van der Waals surface area (Å²) in [7, 11) is -3.49. The van der Waals surface area contributed by atoms with Gasteiger partial charge < -0.3 is 5.11 Å². The van der Waals surface area contributed by atoms with Crippen LogP contribution in [0.3, 0.4) is 0 Å².